The SMILES string of the molecule is CCOC(=O)CCCCc1ccc2c(c1)CCCC2. The molecule has 1 aromatic rings. The number of carbonyl (C=O) groups excluding carboxylic acids is 1. The van der Waals surface area contributed by atoms with Gasteiger partial charge in [0.25, 0.3) is 0 Å². The molecule has 2 nitrogen and oxygen atoms in total. The normalized spacial score (nSPS) is 13.9. The van der Waals surface area contributed by atoms with E-state index in [1.54, 1.807) is 11.1 Å². The van der Waals surface area contributed by atoms with Crippen molar-refractivity contribution in [1.29, 1.82) is 0 Å². The molecule has 0 radical (unpaired) electrons. The summed E-state index contributed by atoms with van der Waals surface area (Å²) in [5.74, 6) is -0.0621. The standard InChI is InChI=1S/C17H24O2/c1-2-19-17(18)10-6-3-7-14-11-12-15-8-4-5-9-16(15)13-14/h11-13H,2-10H2,1H3. The lowest BCUT2D eigenvalue weighted by molar-refractivity contribution is -0.143. The van der Waals surface area contributed by atoms with Gasteiger partial charge in [-0.2, -0.15) is 0 Å². The highest BCUT2D eigenvalue weighted by Gasteiger charge is 2.09. The number of hydrogen-bond donors (Lipinski definition) is 0. The van der Waals surface area contributed by atoms with E-state index in [2.05, 4.69) is 18.2 Å². The van der Waals surface area contributed by atoms with Crippen LogP contribution in [0.5, 0.6) is 0 Å². The maximum Gasteiger partial charge on any atom is 0.305 e. The Morgan fingerprint density at radius 2 is 1.95 bits per heavy atom. The zero-order valence-corrected chi connectivity index (χ0v) is 11.9. The van der Waals surface area contributed by atoms with Crippen LogP contribution in [-0.4, -0.2) is 12.6 Å². The minimum absolute atomic E-state index is 0.0621. The Labute approximate surface area is 116 Å². The van der Waals surface area contributed by atoms with Gasteiger partial charge in [-0.25, -0.2) is 0 Å². The van der Waals surface area contributed by atoms with Crippen molar-refractivity contribution < 1.29 is 9.53 Å². The fraction of sp³-hybridized carbons (Fsp3) is 0.588. The number of unbranched alkanes of at least 4 members (excludes halogenated alkanes) is 1. The molecule has 0 saturated carbocycles. The largest absolute Gasteiger partial charge is 0.466 e. The Morgan fingerprint density at radius 1 is 1.16 bits per heavy atom. The lowest BCUT2D eigenvalue weighted by atomic mass is 9.89. The van der Waals surface area contributed by atoms with Crippen molar-refractivity contribution in [1.82, 2.24) is 0 Å². The molecule has 0 fully saturated rings. The molecule has 2 heteroatoms. The van der Waals surface area contributed by atoms with Gasteiger partial charge >= 0.3 is 5.97 Å². The van der Waals surface area contributed by atoms with E-state index in [0.29, 0.717) is 13.0 Å². The summed E-state index contributed by atoms with van der Waals surface area (Å²) in [6.07, 6.45) is 8.79. The number of carbonyl (C=O) groups is 1. The first kappa shape index (κ1) is 14.1. The maximum atomic E-state index is 11.2. The van der Waals surface area contributed by atoms with Crippen LogP contribution in [0.25, 0.3) is 0 Å². The molecule has 0 bridgehead atoms. The smallest absolute Gasteiger partial charge is 0.305 e. The number of ether oxygens (including phenoxy) is 1. The van der Waals surface area contributed by atoms with Crippen molar-refractivity contribution in [2.45, 2.75) is 58.3 Å². The van der Waals surface area contributed by atoms with E-state index in [-0.39, 0.29) is 5.97 Å². The quantitative estimate of drug-likeness (QED) is 0.574. The summed E-state index contributed by atoms with van der Waals surface area (Å²) in [6, 6.07) is 6.93. The average molecular weight is 260 g/mol. The molecule has 0 saturated heterocycles. The van der Waals surface area contributed by atoms with Crippen LogP contribution in [0.3, 0.4) is 0 Å². The summed E-state index contributed by atoms with van der Waals surface area (Å²) in [5, 5.41) is 0. The van der Waals surface area contributed by atoms with E-state index >= 15 is 0 Å². The predicted molar refractivity (Wildman–Crippen MR) is 77.3 cm³/mol. The third-order valence-corrected chi connectivity index (χ3v) is 3.81. The number of benzene rings is 1. The summed E-state index contributed by atoms with van der Waals surface area (Å²) < 4.78 is 4.93. The monoisotopic (exact) mass is 260 g/mol. The lowest BCUT2D eigenvalue weighted by Gasteiger charge is -2.16. The molecule has 0 aromatic heterocycles. The Hall–Kier alpha value is -1.31. The number of esters is 1. The summed E-state index contributed by atoms with van der Waals surface area (Å²) >= 11 is 0. The number of aryl methyl sites for hydroxylation is 3. The molecule has 1 aliphatic carbocycles. The zero-order valence-electron chi connectivity index (χ0n) is 11.9. The molecular formula is C17H24O2. The highest BCUT2D eigenvalue weighted by atomic mass is 16.5. The van der Waals surface area contributed by atoms with Crippen molar-refractivity contribution in [3.05, 3.63) is 34.9 Å². The van der Waals surface area contributed by atoms with E-state index in [1.165, 1.54) is 31.2 Å². The van der Waals surface area contributed by atoms with Crippen molar-refractivity contribution in [3.8, 4) is 0 Å². The molecule has 0 N–H and O–H groups in total. The van der Waals surface area contributed by atoms with Crippen LogP contribution in [0.4, 0.5) is 0 Å². The van der Waals surface area contributed by atoms with Crippen LogP contribution in [0, 0.1) is 0 Å². The molecule has 0 heterocycles. The van der Waals surface area contributed by atoms with E-state index < -0.39 is 0 Å². The third-order valence-electron chi connectivity index (χ3n) is 3.81. The van der Waals surface area contributed by atoms with Gasteiger partial charge in [-0.1, -0.05) is 18.2 Å². The zero-order chi connectivity index (χ0) is 13.5. The Kier molecular flexibility index (Phi) is 5.44. The highest BCUT2D eigenvalue weighted by molar-refractivity contribution is 5.69. The first-order chi connectivity index (χ1) is 9.29. The third kappa shape index (κ3) is 4.38. The summed E-state index contributed by atoms with van der Waals surface area (Å²) in [7, 11) is 0. The Bertz CT molecular complexity index is 423. The molecule has 0 amide bonds. The molecule has 19 heavy (non-hydrogen) atoms. The van der Waals surface area contributed by atoms with Gasteiger partial charge in [0.1, 0.15) is 0 Å². The summed E-state index contributed by atoms with van der Waals surface area (Å²) in [6.45, 7) is 2.34. The minimum Gasteiger partial charge on any atom is -0.466 e. The predicted octanol–water partition coefficient (Wildman–Crippen LogP) is 3.84. The lowest BCUT2D eigenvalue weighted by Crippen LogP contribution is -2.04. The second-order valence-corrected chi connectivity index (χ2v) is 5.32. The Balaban J connectivity index is 1.75. The van der Waals surface area contributed by atoms with Gasteiger partial charge in [0.15, 0.2) is 0 Å². The van der Waals surface area contributed by atoms with Gasteiger partial charge in [0.05, 0.1) is 6.61 Å². The van der Waals surface area contributed by atoms with E-state index in [1.807, 2.05) is 6.92 Å². The first-order valence-electron chi connectivity index (χ1n) is 7.56. The average Bonchev–Trinajstić information content (AvgIpc) is 2.44. The molecule has 1 aromatic carbocycles. The van der Waals surface area contributed by atoms with Crippen molar-refractivity contribution in [2.75, 3.05) is 6.61 Å². The number of hydrogen-bond acceptors (Lipinski definition) is 2. The van der Waals surface area contributed by atoms with E-state index in [0.717, 1.165) is 19.3 Å². The van der Waals surface area contributed by atoms with Crippen LogP contribution < -0.4 is 0 Å². The van der Waals surface area contributed by atoms with E-state index in [4.69, 9.17) is 4.74 Å². The minimum atomic E-state index is -0.0621. The van der Waals surface area contributed by atoms with Crippen LogP contribution in [0.2, 0.25) is 0 Å². The van der Waals surface area contributed by atoms with Gasteiger partial charge in [-0.3, -0.25) is 4.79 Å². The molecular weight excluding hydrogens is 236 g/mol. The summed E-state index contributed by atoms with van der Waals surface area (Å²) in [4.78, 5) is 11.2. The molecule has 0 aliphatic heterocycles. The van der Waals surface area contributed by atoms with Gasteiger partial charge in [0, 0.05) is 6.42 Å². The first-order valence-corrected chi connectivity index (χ1v) is 7.56. The molecule has 0 spiro atoms. The van der Waals surface area contributed by atoms with Gasteiger partial charge in [-0.15, -0.1) is 0 Å². The molecule has 104 valence electrons. The van der Waals surface area contributed by atoms with Crippen molar-refractivity contribution in [3.63, 3.8) is 0 Å². The maximum absolute atomic E-state index is 11.2. The second-order valence-electron chi connectivity index (χ2n) is 5.32. The topological polar surface area (TPSA) is 26.3 Å². The van der Waals surface area contributed by atoms with Gasteiger partial charge in [-0.05, 0) is 68.6 Å². The van der Waals surface area contributed by atoms with E-state index in [9.17, 15) is 4.79 Å². The van der Waals surface area contributed by atoms with Gasteiger partial charge < -0.3 is 4.74 Å². The van der Waals surface area contributed by atoms with Crippen molar-refractivity contribution in [2.24, 2.45) is 0 Å². The molecule has 0 atom stereocenters. The Morgan fingerprint density at radius 3 is 2.74 bits per heavy atom. The fourth-order valence-electron chi connectivity index (χ4n) is 2.77. The van der Waals surface area contributed by atoms with Crippen LogP contribution in [0.1, 0.15) is 55.7 Å². The second kappa shape index (κ2) is 7.32. The van der Waals surface area contributed by atoms with Crippen molar-refractivity contribution >= 4 is 5.97 Å². The number of rotatable bonds is 6. The summed E-state index contributed by atoms with van der Waals surface area (Å²) in [5.41, 5.74) is 4.51. The van der Waals surface area contributed by atoms with Crippen LogP contribution >= 0.6 is 0 Å². The van der Waals surface area contributed by atoms with Gasteiger partial charge in [0.2, 0.25) is 0 Å². The molecule has 0 unspecified atom stereocenters. The highest BCUT2D eigenvalue weighted by Crippen LogP contribution is 2.22. The molecule has 1 aliphatic rings. The van der Waals surface area contributed by atoms with Crippen LogP contribution in [0.15, 0.2) is 18.2 Å². The van der Waals surface area contributed by atoms with Crippen LogP contribution in [-0.2, 0) is 28.8 Å². The fourth-order valence-corrected chi connectivity index (χ4v) is 2.77. The molecule has 2 rings (SSSR count). The number of fused-ring (bicyclic) bond motifs is 1.